The molecular formula is C30H33NO4S. The summed E-state index contributed by atoms with van der Waals surface area (Å²) in [6, 6.07) is 9.86. The number of benzene rings is 1. The van der Waals surface area contributed by atoms with Crippen LogP contribution in [0.3, 0.4) is 0 Å². The maximum absolute atomic E-state index is 13.7. The fraction of sp³-hybridized carbons (Fsp3) is 0.500. The van der Waals surface area contributed by atoms with Crippen molar-refractivity contribution in [1.29, 1.82) is 0 Å². The molecule has 3 saturated carbocycles. The minimum absolute atomic E-state index is 0.00601. The van der Waals surface area contributed by atoms with Crippen molar-refractivity contribution in [2.75, 3.05) is 5.75 Å². The van der Waals surface area contributed by atoms with Crippen LogP contribution in [0.2, 0.25) is 0 Å². The van der Waals surface area contributed by atoms with Crippen molar-refractivity contribution in [1.82, 2.24) is 4.98 Å². The van der Waals surface area contributed by atoms with E-state index in [0.717, 1.165) is 40.6 Å². The zero-order valence-corrected chi connectivity index (χ0v) is 21.6. The number of aliphatic hydroxyl groups is 2. The lowest BCUT2D eigenvalue weighted by molar-refractivity contribution is -0.174. The predicted molar refractivity (Wildman–Crippen MR) is 140 cm³/mol. The largest absolute Gasteiger partial charge is 0.393 e. The molecule has 6 heteroatoms. The standard InChI is InChI=1S/C30H33NO4S/c1-28-12-10-20(32)15-19(28)8-9-21-22-11-13-30(35,29(22,2)16-23(33)26(21)28)25(34)17-36-24-7-3-5-18-6-4-14-31-27(18)24/h3-7,10,12,14-15,21-23,26,33,35H,8-9,11,13,16-17H2,1-2H3/t21?,22?,23-,26?,28?,29?,30-/m0/s1. The molecule has 2 aromatic rings. The van der Waals surface area contributed by atoms with Crippen molar-refractivity contribution in [3.05, 3.63) is 60.3 Å². The van der Waals surface area contributed by atoms with Gasteiger partial charge in [0, 0.05) is 33.2 Å². The average Bonchev–Trinajstić information content (AvgIpc) is 3.13. The molecule has 0 bridgehead atoms. The van der Waals surface area contributed by atoms with Crippen LogP contribution >= 0.6 is 11.8 Å². The molecule has 4 aliphatic rings. The molecule has 1 aromatic heterocycles. The topological polar surface area (TPSA) is 87.5 Å². The maximum atomic E-state index is 13.7. The van der Waals surface area contributed by atoms with Crippen LogP contribution in [0.1, 0.15) is 46.0 Å². The number of hydrogen-bond acceptors (Lipinski definition) is 6. The highest BCUT2D eigenvalue weighted by molar-refractivity contribution is 8.00. The third kappa shape index (κ3) is 3.34. The van der Waals surface area contributed by atoms with E-state index in [9.17, 15) is 19.8 Å². The first-order chi connectivity index (χ1) is 17.2. The molecule has 188 valence electrons. The molecule has 1 heterocycles. The van der Waals surface area contributed by atoms with E-state index in [1.807, 2.05) is 43.3 Å². The summed E-state index contributed by atoms with van der Waals surface area (Å²) in [5.41, 5.74) is -0.491. The summed E-state index contributed by atoms with van der Waals surface area (Å²) in [5, 5.41) is 24.6. The molecule has 36 heavy (non-hydrogen) atoms. The molecule has 6 rings (SSSR count). The first-order valence-corrected chi connectivity index (χ1v) is 14.0. The maximum Gasteiger partial charge on any atom is 0.178 e. The van der Waals surface area contributed by atoms with Gasteiger partial charge < -0.3 is 10.2 Å². The Kier molecular flexibility index (Phi) is 5.60. The zero-order chi connectivity index (χ0) is 25.3. The van der Waals surface area contributed by atoms with Crippen LogP contribution in [0, 0.1) is 28.6 Å². The average molecular weight is 504 g/mol. The van der Waals surface area contributed by atoms with Gasteiger partial charge in [-0.15, -0.1) is 11.8 Å². The van der Waals surface area contributed by atoms with E-state index in [2.05, 4.69) is 11.9 Å². The third-order valence-corrected chi connectivity index (χ3v) is 11.1. The van der Waals surface area contributed by atoms with Crippen LogP contribution in [0.4, 0.5) is 0 Å². The molecule has 4 aliphatic carbocycles. The quantitative estimate of drug-likeness (QED) is 0.577. The van der Waals surface area contributed by atoms with E-state index in [1.165, 1.54) is 11.8 Å². The molecule has 2 N–H and O–H groups in total. The number of pyridine rings is 1. The van der Waals surface area contributed by atoms with Gasteiger partial charge in [-0.3, -0.25) is 14.6 Å². The Morgan fingerprint density at radius 1 is 1.19 bits per heavy atom. The van der Waals surface area contributed by atoms with Crippen LogP contribution in [0.25, 0.3) is 10.9 Å². The number of fused-ring (bicyclic) bond motifs is 6. The van der Waals surface area contributed by atoms with Gasteiger partial charge in [-0.1, -0.05) is 43.7 Å². The van der Waals surface area contributed by atoms with Crippen molar-refractivity contribution in [2.24, 2.45) is 28.6 Å². The Balaban J connectivity index is 1.26. The van der Waals surface area contributed by atoms with Crippen molar-refractivity contribution in [3.8, 4) is 0 Å². The number of ketones is 2. The molecule has 5 unspecified atom stereocenters. The van der Waals surface area contributed by atoms with E-state index < -0.39 is 17.1 Å². The van der Waals surface area contributed by atoms with Gasteiger partial charge in [0.2, 0.25) is 0 Å². The number of carbonyl (C=O) groups is 2. The first kappa shape index (κ1) is 24.1. The fourth-order valence-corrected chi connectivity index (χ4v) is 9.25. The Morgan fingerprint density at radius 2 is 2.00 bits per heavy atom. The van der Waals surface area contributed by atoms with E-state index in [4.69, 9.17) is 0 Å². The highest BCUT2D eigenvalue weighted by Crippen LogP contribution is 2.67. The summed E-state index contributed by atoms with van der Waals surface area (Å²) in [6.45, 7) is 4.17. The molecule has 0 radical (unpaired) electrons. The van der Waals surface area contributed by atoms with E-state index >= 15 is 0 Å². The van der Waals surface area contributed by atoms with Crippen LogP contribution in [0.15, 0.2) is 65.2 Å². The molecule has 0 saturated heterocycles. The minimum atomic E-state index is -1.45. The lowest BCUT2D eigenvalue weighted by atomic mass is 9.46. The minimum Gasteiger partial charge on any atom is -0.393 e. The van der Waals surface area contributed by atoms with E-state index in [-0.39, 0.29) is 40.5 Å². The normalized spacial score (nSPS) is 39.3. The number of para-hydroxylation sites is 1. The van der Waals surface area contributed by atoms with Crippen molar-refractivity contribution >= 4 is 34.2 Å². The van der Waals surface area contributed by atoms with Gasteiger partial charge >= 0.3 is 0 Å². The molecular weight excluding hydrogens is 470 g/mol. The lowest BCUT2D eigenvalue weighted by Gasteiger charge is -2.59. The first-order valence-electron chi connectivity index (χ1n) is 13.0. The van der Waals surface area contributed by atoms with Gasteiger partial charge in [-0.2, -0.15) is 0 Å². The third-order valence-electron chi connectivity index (χ3n) is 10.1. The number of aromatic nitrogens is 1. The summed E-state index contributed by atoms with van der Waals surface area (Å²) < 4.78 is 0. The summed E-state index contributed by atoms with van der Waals surface area (Å²) in [7, 11) is 0. The molecule has 3 fully saturated rings. The summed E-state index contributed by atoms with van der Waals surface area (Å²) in [4.78, 5) is 31.2. The van der Waals surface area contributed by atoms with Crippen LogP contribution in [0.5, 0.6) is 0 Å². The molecule has 5 nitrogen and oxygen atoms in total. The van der Waals surface area contributed by atoms with Gasteiger partial charge in [0.05, 0.1) is 17.4 Å². The smallest absolute Gasteiger partial charge is 0.178 e. The van der Waals surface area contributed by atoms with Gasteiger partial charge in [-0.05, 0) is 68.2 Å². The summed E-state index contributed by atoms with van der Waals surface area (Å²) >= 11 is 1.44. The molecule has 0 aliphatic heterocycles. The van der Waals surface area contributed by atoms with E-state index in [1.54, 1.807) is 18.3 Å². The number of carbonyl (C=O) groups excluding carboxylic acids is 2. The zero-order valence-electron chi connectivity index (χ0n) is 20.8. The Labute approximate surface area is 216 Å². The Bertz CT molecular complexity index is 1310. The van der Waals surface area contributed by atoms with Gasteiger partial charge in [-0.25, -0.2) is 0 Å². The highest BCUT2D eigenvalue weighted by atomic mass is 32.2. The van der Waals surface area contributed by atoms with Gasteiger partial charge in [0.15, 0.2) is 11.6 Å². The van der Waals surface area contributed by atoms with Crippen molar-refractivity contribution in [3.63, 3.8) is 0 Å². The molecule has 0 spiro atoms. The number of thioether (sulfide) groups is 1. The number of nitrogens with zero attached hydrogens (tertiary/aromatic N) is 1. The Morgan fingerprint density at radius 3 is 2.83 bits per heavy atom. The molecule has 0 amide bonds. The van der Waals surface area contributed by atoms with Crippen LogP contribution < -0.4 is 0 Å². The number of allylic oxidation sites excluding steroid dienone is 4. The SMILES string of the molecule is CC12C=CC(=O)C=C1CCC1C2[C@@H](O)CC2(C)C1CC[C@]2(O)C(=O)CSc1cccc2cccnc12. The second kappa shape index (κ2) is 8.37. The lowest BCUT2D eigenvalue weighted by Crippen LogP contribution is -2.61. The second-order valence-electron chi connectivity index (χ2n) is 11.7. The van der Waals surface area contributed by atoms with Crippen LogP contribution in [-0.4, -0.2) is 44.2 Å². The van der Waals surface area contributed by atoms with Gasteiger partial charge in [0.25, 0.3) is 0 Å². The summed E-state index contributed by atoms with van der Waals surface area (Å²) in [5.74, 6) is 0.406. The molecule has 7 atom stereocenters. The number of aliphatic hydroxyl groups excluding tert-OH is 1. The Hall–Kier alpha value is -2.28. The van der Waals surface area contributed by atoms with Crippen LogP contribution in [-0.2, 0) is 9.59 Å². The fourth-order valence-electron chi connectivity index (χ4n) is 8.24. The van der Waals surface area contributed by atoms with E-state index in [0.29, 0.717) is 12.8 Å². The number of Topliss-reactive ketones (excluding diaryl/α,β-unsaturated/α-hetero) is 1. The molecule has 1 aromatic carbocycles. The van der Waals surface area contributed by atoms with Crippen molar-refractivity contribution < 1.29 is 19.8 Å². The van der Waals surface area contributed by atoms with Crippen molar-refractivity contribution in [2.45, 2.75) is 62.6 Å². The van der Waals surface area contributed by atoms with Gasteiger partial charge in [0.1, 0.15) is 5.60 Å². The number of rotatable bonds is 4. The summed E-state index contributed by atoms with van der Waals surface area (Å²) in [6.07, 6.45) is 9.82. The number of hydrogen-bond donors (Lipinski definition) is 2. The highest BCUT2D eigenvalue weighted by Gasteiger charge is 2.67. The predicted octanol–water partition coefficient (Wildman–Crippen LogP) is 4.91. The monoisotopic (exact) mass is 503 g/mol. The second-order valence-corrected chi connectivity index (χ2v) is 12.7.